The van der Waals surface area contributed by atoms with Crippen LogP contribution in [0.25, 0.3) is 6.08 Å². The average Bonchev–Trinajstić information content (AvgIpc) is 2.26. The van der Waals surface area contributed by atoms with Gasteiger partial charge in [0.15, 0.2) is 0 Å². The Kier molecular flexibility index (Phi) is 4.46. The molecule has 0 radical (unpaired) electrons. The van der Waals surface area contributed by atoms with Crippen molar-refractivity contribution in [3.63, 3.8) is 0 Å². The van der Waals surface area contributed by atoms with Crippen LogP contribution in [0.4, 0.5) is 0 Å². The van der Waals surface area contributed by atoms with Crippen LogP contribution in [0.3, 0.4) is 0 Å². The van der Waals surface area contributed by atoms with Crippen LogP contribution < -0.4 is 5.32 Å². The van der Waals surface area contributed by atoms with Gasteiger partial charge in [0.05, 0.1) is 0 Å². The van der Waals surface area contributed by atoms with Crippen LogP contribution in [0.15, 0.2) is 30.3 Å². The van der Waals surface area contributed by atoms with E-state index in [0.717, 1.165) is 11.1 Å². The van der Waals surface area contributed by atoms with Gasteiger partial charge < -0.3 is 10.4 Å². The standard InChI is InChI=1S/C13H15NO3/c1-9-4-3-5-11(8-9)6-7-12(15)14-10(2)13(16)17/h3-8,10H,1-2H3,(H,14,15)(H,16,17)/b7-6+/t10-/m1/s1. The van der Waals surface area contributed by atoms with Crippen molar-refractivity contribution in [1.82, 2.24) is 5.32 Å². The molecule has 4 heteroatoms. The second-order valence-electron chi connectivity index (χ2n) is 3.82. The number of hydrogen-bond acceptors (Lipinski definition) is 2. The van der Waals surface area contributed by atoms with E-state index in [4.69, 9.17) is 5.11 Å². The third-order valence-electron chi connectivity index (χ3n) is 2.20. The molecule has 0 aliphatic carbocycles. The lowest BCUT2D eigenvalue weighted by Gasteiger charge is -2.05. The molecular formula is C13H15NO3. The summed E-state index contributed by atoms with van der Waals surface area (Å²) in [5, 5.41) is 11.0. The molecule has 0 saturated carbocycles. The maximum Gasteiger partial charge on any atom is 0.325 e. The fraction of sp³-hybridized carbons (Fsp3) is 0.231. The van der Waals surface area contributed by atoms with Crippen LogP contribution in [0.1, 0.15) is 18.1 Å². The van der Waals surface area contributed by atoms with Crippen molar-refractivity contribution in [2.45, 2.75) is 19.9 Å². The molecule has 90 valence electrons. The Hall–Kier alpha value is -2.10. The average molecular weight is 233 g/mol. The van der Waals surface area contributed by atoms with Crippen LogP contribution in [0.2, 0.25) is 0 Å². The third-order valence-corrected chi connectivity index (χ3v) is 2.20. The highest BCUT2D eigenvalue weighted by atomic mass is 16.4. The molecule has 2 N–H and O–H groups in total. The van der Waals surface area contributed by atoms with Crippen molar-refractivity contribution in [2.75, 3.05) is 0 Å². The molecule has 0 bridgehead atoms. The van der Waals surface area contributed by atoms with E-state index in [1.807, 2.05) is 31.2 Å². The molecule has 1 amide bonds. The van der Waals surface area contributed by atoms with Gasteiger partial charge in [-0.05, 0) is 25.5 Å². The summed E-state index contributed by atoms with van der Waals surface area (Å²) in [4.78, 5) is 21.9. The molecule has 0 unspecified atom stereocenters. The molecule has 1 aromatic rings. The number of rotatable bonds is 4. The Morgan fingerprint density at radius 1 is 1.41 bits per heavy atom. The van der Waals surface area contributed by atoms with Crippen LogP contribution in [0.5, 0.6) is 0 Å². The molecule has 0 aromatic heterocycles. The fourth-order valence-corrected chi connectivity index (χ4v) is 1.27. The molecule has 1 aromatic carbocycles. The molecular weight excluding hydrogens is 218 g/mol. The predicted octanol–water partition coefficient (Wildman–Crippen LogP) is 1.60. The topological polar surface area (TPSA) is 66.4 Å². The zero-order valence-electron chi connectivity index (χ0n) is 9.81. The predicted molar refractivity (Wildman–Crippen MR) is 65.5 cm³/mol. The zero-order chi connectivity index (χ0) is 12.8. The molecule has 0 aliphatic rings. The van der Waals surface area contributed by atoms with Gasteiger partial charge in [0.25, 0.3) is 0 Å². The number of amides is 1. The van der Waals surface area contributed by atoms with Crippen molar-refractivity contribution in [3.05, 3.63) is 41.5 Å². The number of carboxylic acid groups (broad SMARTS) is 1. The van der Waals surface area contributed by atoms with Crippen LogP contribution >= 0.6 is 0 Å². The van der Waals surface area contributed by atoms with E-state index < -0.39 is 17.9 Å². The van der Waals surface area contributed by atoms with Gasteiger partial charge in [-0.15, -0.1) is 0 Å². The second kappa shape index (κ2) is 5.84. The fourth-order valence-electron chi connectivity index (χ4n) is 1.27. The van der Waals surface area contributed by atoms with Gasteiger partial charge >= 0.3 is 5.97 Å². The summed E-state index contributed by atoms with van der Waals surface area (Å²) in [7, 11) is 0. The second-order valence-corrected chi connectivity index (χ2v) is 3.82. The van der Waals surface area contributed by atoms with E-state index in [0.29, 0.717) is 0 Å². The molecule has 0 fully saturated rings. The summed E-state index contributed by atoms with van der Waals surface area (Å²) < 4.78 is 0. The Bertz CT molecular complexity index is 452. The normalized spacial score (nSPS) is 12.4. The highest BCUT2D eigenvalue weighted by molar-refractivity contribution is 5.94. The summed E-state index contributed by atoms with van der Waals surface area (Å²) >= 11 is 0. The summed E-state index contributed by atoms with van der Waals surface area (Å²) in [5.74, 6) is -1.47. The number of aryl methyl sites for hydroxylation is 1. The Labute approximate surface area is 100.0 Å². The molecule has 1 atom stereocenters. The van der Waals surface area contributed by atoms with Gasteiger partial charge in [-0.25, -0.2) is 0 Å². The molecule has 0 saturated heterocycles. The highest BCUT2D eigenvalue weighted by Crippen LogP contribution is 2.05. The number of carbonyl (C=O) groups is 2. The largest absolute Gasteiger partial charge is 0.480 e. The molecule has 0 heterocycles. The van der Waals surface area contributed by atoms with Gasteiger partial charge in [-0.1, -0.05) is 29.8 Å². The lowest BCUT2D eigenvalue weighted by molar-refractivity contribution is -0.140. The maximum absolute atomic E-state index is 11.4. The van der Waals surface area contributed by atoms with Crippen molar-refractivity contribution < 1.29 is 14.7 Å². The van der Waals surface area contributed by atoms with Gasteiger partial charge in [0.2, 0.25) is 5.91 Å². The van der Waals surface area contributed by atoms with Crippen molar-refractivity contribution >= 4 is 18.0 Å². The van der Waals surface area contributed by atoms with Crippen molar-refractivity contribution in [2.24, 2.45) is 0 Å². The molecule has 0 spiro atoms. The van der Waals surface area contributed by atoms with Gasteiger partial charge in [0, 0.05) is 6.08 Å². The first kappa shape index (κ1) is 13.0. The van der Waals surface area contributed by atoms with E-state index in [1.54, 1.807) is 6.08 Å². The number of aliphatic carboxylic acids is 1. The minimum Gasteiger partial charge on any atom is -0.480 e. The Morgan fingerprint density at radius 3 is 2.71 bits per heavy atom. The summed E-state index contributed by atoms with van der Waals surface area (Å²) in [6.45, 7) is 3.38. The summed E-state index contributed by atoms with van der Waals surface area (Å²) in [5.41, 5.74) is 2.01. The third kappa shape index (κ3) is 4.51. The van der Waals surface area contributed by atoms with Crippen molar-refractivity contribution in [1.29, 1.82) is 0 Å². The molecule has 4 nitrogen and oxygen atoms in total. The smallest absolute Gasteiger partial charge is 0.325 e. The van der Waals surface area contributed by atoms with Crippen LogP contribution in [-0.4, -0.2) is 23.0 Å². The first-order chi connectivity index (χ1) is 7.99. The molecule has 1 rings (SSSR count). The number of carbonyl (C=O) groups excluding carboxylic acids is 1. The Balaban J connectivity index is 2.59. The van der Waals surface area contributed by atoms with Gasteiger partial charge in [0.1, 0.15) is 6.04 Å². The lowest BCUT2D eigenvalue weighted by atomic mass is 10.1. The Morgan fingerprint density at radius 2 is 2.12 bits per heavy atom. The minimum atomic E-state index is -1.05. The monoisotopic (exact) mass is 233 g/mol. The van der Waals surface area contributed by atoms with Gasteiger partial charge in [-0.3, -0.25) is 9.59 Å². The summed E-state index contributed by atoms with van der Waals surface area (Å²) in [6, 6.07) is 6.78. The SMILES string of the molecule is Cc1cccc(/C=C/C(=O)N[C@H](C)C(=O)O)c1. The van der Waals surface area contributed by atoms with E-state index in [-0.39, 0.29) is 0 Å². The van der Waals surface area contributed by atoms with E-state index in [2.05, 4.69) is 5.32 Å². The zero-order valence-corrected chi connectivity index (χ0v) is 9.81. The van der Waals surface area contributed by atoms with E-state index in [1.165, 1.54) is 13.0 Å². The number of benzene rings is 1. The van der Waals surface area contributed by atoms with Crippen LogP contribution in [0, 0.1) is 6.92 Å². The van der Waals surface area contributed by atoms with E-state index >= 15 is 0 Å². The van der Waals surface area contributed by atoms with Gasteiger partial charge in [-0.2, -0.15) is 0 Å². The molecule has 0 aliphatic heterocycles. The lowest BCUT2D eigenvalue weighted by Crippen LogP contribution is -2.37. The van der Waals surface area contributed by atoms with Crippen molar-refractivity contribution in [3.8, 4) is 0 Å². The first-order valence-corrected chi connectivity index (χ1v) is 5.27. The highest BCUT2D eigenvalue weighted by Gasteiger charge is 2.11. The van der Waals surface area contributed by atoms with E-state index in [9.17, 15) is 9.59 Å². The maximum atomic E-state index is 11.4. The summed E-state index contributed by atoms with van der Waals surface area (Å²) in [6.07, 6.45) is 2.98. The number of carboxylic acids is 1. The molecule has 17 heavy (non-hydrogen) atoms. The number of nitrogens with one attached hydrogen (secondary N) is 1. The number of hydrogen-bond donors (Lipinski definition) is 2. The quantitative estimate of drug-likeness (QED) is 0.776. The first-order valence-electron chi connectivity index (χ1n) is 5.27. The van der Waals surface area contributed by atoms with Crippen LogP contribution in [-0.2, 0) is 9.59 Å². The minimum absolute atomic E-state index is 0.415.